The monoisotopic (exact) mass is 429 g/mol. The standard InChI is InChI=1S/C18H21ClFN3O4S/c19-12-9-21-23(10-12)13-3-6-17(15(20)8-13)27-11-18-16(2-1-7-26-18)22-28(24,25)14-4-5-14/h3,6,8-10,14,16,18,22H,1-2,4-5,7,11H2/t16-,18+/m0/s1. The second-order valence-electron chi connectivity index (χ2n) is 7.05. The molecular weight excluding hydrogens is 409 g/mol. The van der Waals surface area contributed by atoms with Crippen molar-refractivity contribution < 1.29 is 22.3 Å². The number of benzene rings is 1. The lowest BCUT2D eigenvalue weighted by Gasteiger charge is -2.32. The highest BCUT2D eigenvalue weighted by molar-refractivity contribution is 7.90. The highest BCUT2D eigenvalue weighted by atomic mass is 35.5. The van der Waals surface area contributed by atoms with E-state index in [1.807, 2.05) is 0 Å². The van der Waals surface area contributed by atoms with E-state index in [1.165, 1.54) is 23.0 Å². The van der Waals surface area contributed by atoms with Crippen LogP contribution in [0, 0.1) is 5.82 Å². The highest BCUT2D eigenvalue weighted by Gasteiger charge is 2.39. The van der Waals surface area contributed by atoms with E-state index < -0.39 is 21.9 Å². The van der Waals surface area contributed by atoms with Crippen LogP contribution in [0.3, 0.4) is 0 Å². The number of aromatic nitrogens is 2. The van der Waals surface area contributed by atoms with Gasteiger partial charge in [-0.1, -0.05) is 11.6 Å². The molecule has 2 aliphatic rings. The molecule has 152 valence electrons. The van der Waals surface area contributed by atoms with Crippen LogP contribution in [0.15, 0.2) is 30.6 Å². The number of sulfonamides is 1. The summed E-state index contributed by atoms with van der Waals surface area (Å²) < 4.78 is 54.4. The lowest BCUT2D eigenvalue weighted by atomic mass is 10.0. The third-order valence-corrected chi connectivity index (χ3v) is 7.03. The van der Waals surface area contributed by atoms with Crippen LogP contribution in [0.2, 0.25) is 5.02 Å². The van der Waals surface area contributed by atoms with Gasteiger partial charge < -0.3 is 9.47 Å². The summed E-state index contributed by atoms with van der Waals surface area (Å²) in [6.07, 6.45) is 5.40. The fraction of sp³-hybridized carbons (Fsp3) is 0.500. The van der Waals surface area contributed by atoms with Crippen LogP contribution in [0.4, 0.5) is 4.39 Å². The van der Waals surface area contributed by atoms with Gasteiger partial charge in [-0.05, 0) is 37.8 Å². The average molecular weight is 430 g/mol. The highest BCUT2D eigenvalue weighted by Crippen LogP contribution is 2.29. The first-order chi connectivity index (χ1) is 13.4. The molecule has 28 heavy (non-hydrogen) atoms. The molecule has 1 aromatic heterocycles. The Kier molecular flexibility index (Phi) is 5.59. The fourth-order valence-electron chi connectivity index (χ4n) is 3.19. The van der Waals surface area contributed by atoms with Gasteiger partial charge in [0.05, 0.1) is 28.2 Å². The van der Waals surface area contributed by atoms with Crippen LogP contribution < -0.4 is 9.46 Å². The quantitative estimate of drug-likeness (QED) is 0.731. The zero-order chi connectivity index (χ0) is 19.7. The number of hydrogen-bond donors (Lipinski definition) is 1. The Morgan fingerprint density at radius 1 is 1.36 bits per heavy atom. The molecule has 0 radical (unpaired) electrons. The molecule has 1 saturated carbocycles. The van der Waals surface area contributed by atoms with Crippen molar-refractivity contribution in [1.82, 2.24) is 14.5 Å². The fourth-order valence-corrected chi connectivity index (χ4v) is 4.96. The molecule has 7 nitrogen and oxygen atoms in total. The van der Waals surface area contributed by atoms with E-state index >= 15 is 0 Å². The normalized spacial score (nSPS) is 22.9. The molecule has 1 N–H and O–H groups in total. The molecular formula is C18H21ClFN3O4S. The average Bonchev–Trinajstić information content (AvgIpc) is 3.44. The molecule has 1 saturated heterocycles. The van der Waals surface area contributed by atoms with Gasteiger partial charge in [-0.25, -0.2) is 22.2 Å². The van der Waals surface area contributed by atoms with Crippen molar-refractivity contribution in [1.29, 1.82) is 0 Å². The van der Waals surface area contributed by atoms with Crippen LogP contribution in [0.5, 0.6) is 5.75 Å². The molecule has 0 bridgehead atoms. The summed E-state index contributed by atoms with van der Waals surface area (Å²) in [5.41, 5.74) is 0.515. The number of nitrogens with zero attached hydrogens (tertiary/aromatic N) is 2. The Labute approximate surface area is 167 Å². The minimum atomic E-state index is -3.33. The van der Waals surface area contributed by atoms with E-state index in [0.717, 1.165) is 6.42 Å². The third kappa shape index (κ3) is 4.48. The van der Waals surface area contributed by atoms with E-state index in [9.17, 15) is 12.8 Å². The molecule has 0 spiro atoms. The van der Waals surface area contributed by atoms with Crippen molar-refractivity contribution in [2.75, 3.05) is 13.2 Å². The second-order valence-corrected chi connectivity index (χ2v) is 9.48. The number of rotatable bonds is 7. The van der Waals surface area contributed by atoms with Gasteiger partial charge in [0.1, 0.15) is 12.7 Å². The van der Waals surface area contributed by atoms with Gasteiger partial charge in [0.2, 0.25) is 10.0 Å². The first-order valence-corrected chi connectivity index (χ1v) is 11.1. The number of nitrogens with one attached hydrogen (secondary N) is 1. The van der Waals surface area contributed by atoms with Crippen molar-refractivity contribution in [2.24, 2.45) is 0 Å². The number of halogens is 2. The van der Waals surface area contributed by atoms with E-state index in [-0.39, 0.29) is 23.6 Å². The predicted molar refractivity (Wildman–Crippen MR) is 102 cm³/mol. The maximum Gasteiger partial charge on any atom is 0.214 e. The molecule has 10 heteroatoms. The van der Waals surface area contributed by atoms with Gasteiger partial charge in [-0.3, -0.25) is 0 Å². The first-order valence-electron chi connectivity index (χ1n) is 9.18. The van der Waals surface area contributed by atoms with Gasteiger partial charge in [0.15, 0.2) is 11.6 Å². The van der Waals surface area contributed by atoms with Gasteiger partial charge in [0, 0.05) is 18.9 Å². The summed E-state index contributed by atoms with van der Waals surface area (Å²) in [5.74, 6) is -0.477. The summed E-state index contributed by atoms with van der Waals surface area (Å²) >= 11 is 5.84. The minimum Gasteiger partial charge on any atom is -0.488 e. The predicted octanol–water partition coefficient (Wildman–Crippen LogP) is 2.67. The second kappa shape index (κ2) is 7.98. The summed E-state index contributed by atoms with van der Waals surface area (Å²) in [6.45, 7) is 0.582. The van der Waals surface area contributed by atoms with Crippen LogP contribution >= 0.6 is 11.6 Å². The van der Waals surface area contributed by atoms with Gasteiger partial charge in [-0.2, -0.15) is 5.10 Å². The van der Waals surface area contributed by atoms with E-state index in [1.54, 1.807) is 12.3 Å². The van der Waals surface area contributed by atoms with E-state index in [4.69, 9.17) is 21.1 Å². The lowest BCUT2D eigenvalue weighted by molar-refractivity contribution is -0.0285. The van der Waals surface area contributed by atoms with Gasteiger partial charge in [-0.15, -0.1) is 0 Å². The summed E-state index contributed by atoms with van der Waals surface area (Å²) in [5, 5.41) is 4.19. The van der Waals surface area contributed by atoms with E-state index in [0.29, 0.717) is 36.6 Å². The topological polar surface area (TPSA) is 82.5 Å². The van der Waals surface area contributed by atoms with Crippen LogP contribution in [-0.2, 0) is 14.8 Å². The van der Waals surface area contributed by atoms with Crippen LogP contribution in [0.25, 0.3) is 5.69 Å². The van der Waals surface area contributed by atoms with Crippen molar-refractivity contribution >= 4 is 21.6 Å². The summed E-state index contributed by atoms with van der Waals surface area (Å²) in [7, 11) is -3.33. The van der Waals surface area contributed by atoms with Crippen molar-refractivity contribution in [3.63, 3.8) is 0 Å². The SMILES string of the molecule is O=S(=O)(N[C@H]1CCCO[C@@H]1COc1ccc(-n2cc(Cl)cn2)cc1F)C1CC1. The molecule has 2 aromatic rings. The van der Waals surface area contributed by atoms with Gasteiger partial charge >= 0.3 is 0 Å². The molecule has 2 atom stereocenters. The first kappa shape index (κ1) is 19.6. The summed E-state index contributed by atoms with van der Waals surface area (Å²) in [4.78, 5) is 0. The zero-order valence-corrected chi connectivity index (χ0v) is 16.6. The third-order valence-electron chi connectivity index (χ3n) is 4.85. The number of ether oxygens (including phenoxy) is 2. The number of hydrogen-bond acceptors (Lipinski definition) is 5. The Morgan fingerprint density at radius 2 is 2.18 bits per heavy atom. The van der Waals surface area contributed by atoms with Crippen molar-refractivity contribution in [3.05, 3.63) is 41.4 Å². The van der Waals surface area contributed by atoms with E-state index in [2.05, 4.69) is 9.82 Å². The molecule has 1 aromatic carbocycles. The largest absolute Gasteiger partial charge is 0.488 e. The molecule has 4 rings (SSSR count). The maximum absolute atomic E-state index is 14.4. The lowest BCUT2D eigenvalue weighted by Crippen LogP contribution is -2.50. The Balaban J connectivity index is 1.41. The minimum absolute atomic E-state index is 0.0573. The summed E-state index contributed by atoms with van der Waals surface area (Å²) in [6, 6.07) is 4.10. The smallest absolute Gasteiger partial charge is 0.214 e. The maximum atomic E-state index is 14.4. The van der Waals surface area contributed by atoms with Crippen molar-refractivity contribution in [2.45, 2.75) is 43.1 Å². The Bertz CT molecular complexity index is 948. The molecule has 1 aliphatic heterocycles. The van der Waals surface area contributed by atoms with Crippen LogP contribution in [0.1, 0.15) is 25.7 Å². The Morgan fingerprint density at radius 3 is 2.86 bits per heavy atom. The molecule has 2 heterocycles. The molecule has 1 aliphatic carbocycles. The Hall–Kier alpha value is -1.68. The van der Waals surface area contributed by atoms with Gasteiger partial charge in [0.25, 0.3) is 0 Å². The molecule has 0 unspecified atom stereocenters. The molecule has 0 amide bonds. The van der Waals surface area contributed by atoms with Crippen LogP contribution in [-0.4, -0.2) is 48.8 Å². The van der Waals surface area contributed by atoms with Crippen molar-refractivity contribution in [3.8, 4) is 11.4 Å². The zero-order valence-electron chi connectivity index (χ0n) is 15.1. The molecule has 2 fully saturated rings.